The van der Waals surface area contributed by atoms with Crippen LogP contribution < -0.4 is 15.8 Å². The van der Waals surface area contributed by atoms with Crippen molar-refractivity contribution < 1.29 is 13.5 Å². The summed E-state index contributed by atoms with van der Waals surface area (Å²) in [4.78, 5) is 4.23. The Kier molecular flexibility index (Phi) is 6.11. The summed E-state index contributed by atoms with van der Waals surface area (Å²) in [6, 6.07) is 4.82. The second-order valence-electron chi connectivity index (χ2n) is 7.85. The molecule has 1 aliphatic heterocycles. The van der Waals surface area contributed by atoms with Crippen LogP contribution >= 0.6 is 11.6 Å². The van der Waals surface area contributed by atoms with Crippen molar-refractivity contribution in [2.75, 3.05) is 12.3 Å². The molecule has 0 aliphatic carbocycles. The number of nitrogens with zero attached hydrogens (tertiary/aromatic N) is 3. The molecule has 1 aromatic carbocycles. The van der Waals surface area contributed by atoms with E-state index in [1.165, 1.54) is 6.07 Å². The van der Waals surface area contributed by atoms with E-state index in [1.54, 1.807) is 36.1 Å². The summed E-state index contributed by atoms with van der Waals surface area (Å²) in [5.74, 6) is 0.0911. The van der Waals surface area contributed by atoms with E-state index in [4.69, 9.17) is 22.1 Å². The highest BCUT2D eigenvalue weighted by molar-refractivity contribution is 6.31. The third kappa shape index (κ3) is 4.65. The fourth-order valence-electron chi connectivity index (χ4n) is 3.87. The Morgan fingerprint density at radius 2 is 2.16 bits per heavy atom. The van der Waals surface area contributed by atoms with Gasteiger partial charge in [0, 0.05) is 41.7 Å². The van der Waals surface area contributed by atoms with Gasteiger partial charge in [0.2, 0.25) is 0 Å². The van der Waals surface area contributed by atoms with Crippen LogP contribution in [0, 0.1) is 12.7 Å². The molecule has 6 nitrogen and oxygen atoms in total. The van der Waals surface area contributed by atoms with E-state index in [1.807, 2.05) is 13.1 Å². The van der Waals surface area contributed by atoms with Crippen LogP contribution in [0.2, 0.25) is 5.02 Å². The number of benzene rings is 1. The van der Waals surface area contributed by atoms with Crippen molar-refractivity contribution >= 4 is 17.4 Å². The fraction of sp³-hybridized carbons (Fsp3) is 0.364. The summed E-state index contributed by atoms with van der Waals surface area (Å²) in [7, 11) is 0. The molecule has 164 valence electrons. The van der Waals surface area contributed by atoms with Gasteiger partial charge in [-0.1, -0.05) is 17.7 Å². The van der Waals surface area contributed by atoms with Crippen molar-refractivity contribution in [3.63, 3.8) is 0 Å². The van der Waals surface area contributed by atoms with Crippen LogP contribution in [-0.2, 0) is 6.54 Å². The fourth-order valence-corrected chi connectivity index (χ4v) is 4.23. The molecule has 0 spiro atoms. The number of aryl methyl sites for hydroxylation is 1. The van der Waals surface area contributed by atoms with Crippen LogP contribution in [0.5, 0.6) is 5.75 Å². The third-order valence-corrected chi connectivity index (χ3v) is 5.87. The maximum atomic E-state index is 13.9. The van der Waals surface area contributed by atoms with Crippen molar-refractivity contribution in [2.24, 2.45) is 0 Å². The van der Waals surface area contributed by atoms with Crippen LogP contribution in [0.25, 0.3) is 11.1 Å². The number of pyridine rings is 1. The highest BCUT2D eigenvalue weighted by atomic mass is 35.5. The summed E-state index contributed by atoms with van der Waals surface area (Å²) in [5, 5.41) is 7.55. The first-order valence-corrected chi connectivity index (χ1v) is 10.5. The first-order valence-electron chi connectivity index (χ1n) is 10.1. The normalized spacial score (nSPS) is 19.5. The Hall–Kier alpha value is -2.71. The Morgan fingerprint density at radius 3 is 2.90 bits per heavy atom. The first-order chi connectivity index (χ1) is 14.8. The zero-order valence-corrected chi connectivity index (χ0v) is 18.0. The van der Waals surface area contributed by atoms with E-state index in [2.05, 4.69) is 15.4 Å². The van der Waals surface area contributed by atoms with E-state index in [9.17, 15) is 8.78 Å². The maximum Gasteiger partial charge on any atom is 0.166 e. The molecular weight excluding hydrogens is 424 g/mol. The predicted octanol–water partition coefficient (Wildman–Crippen LogP) is 4.47. The number of hydrogen-bond donors (Lipinski definition) is 2. The van der Waals surface area contributed by atoms with Crippen LogP contribution in [0.1, 0.15) is 30.6 Å². The third-order valence-electron chi connectivity index (χ3n) is 5.49. The van der Waals surface area contributed by atoms with Crippen molar-refractivity contribution in [2.45, 2.75) is 45.1 Å². The lowest BCUT2D eigenvalue weighted by atomic mass is 10.0. The molecule has 3 heterocycles. The number of nitrogen functional groups attached to an aromatic ring is 1. The van der Waals surface area contributed by atoms with E-state index < -0.39 is 18.1 Å². The summed E-state index contributed by atoms with van der Waals surface area (Å²) in [6.07, 6.45) is 4.37. The van der Waals surface area contributed by atoms with Gasteiger partial charge in [-0.05, 0) is 38.0 Å². The largest absolute Gasteiger partial charge is 0.482 e. The van der Waals surface area contributed by atoms with Gasteiger partial charge in [0.05, 0.1) is 17.8 Å². The molecule has 0 saturated carbocycles. The quantitative estimate of drug-likeness (QED) is 0.583. The minimum absolute atomic E-state index is 0.0347. The van der Waals surface area contributed by atoms with Gasteiger partial charge >= 0.3 is 0 Å². The van der Waals surface area contributed by atoms with Gasteiger partial charge < -0.3 is 15.8 Å². The molecule has 3 atom stereocenters. The van der Waals surface area contributed by atoms with Gasteiger partial charge in [-0.15, -0.1) is 0 Å². The van der Waals surface area contributed by atoms with Crippen molar-refractivity contribution in [3.8, 4) is 16.9 Å². The van der Waals surface area contributed by atoms with Crippen LogP contribution in [-0.4, -0.2) is 33.5 Å². The second-order valence-corrected chi connectivity index (χ2v) is 8.23. The molecule has 9 heteroatoms. The number of hydrogen-bond acceptors (Lipinski definition) is 5. The smallest absolute Gasteiger partial charge is 0.166 e. The summed E-state index contributed by atoms with van der Waals surface area (Å²) >= 11 is 6.17. The summed E-state index contributed by atoms with van der Waals surface area (Å²) < 4.78 is 35.1. The SMILES string of the molecule is Cc1ccc(F)c(Cl)c1[C@@H](C)Oc1cc(-c2cnn(C[C@@H]3CC(F)CN3)c2)cnc1N. The van der Waals surface area contributed by atoms with Crippen molar-refractivity contribution in [1.29, 1.82) is 0 Å². The Balaban J connectivity index is 1.53. The minimum Gasteiger partial charge on any atom is -0.482 e. The number of halogens is 3. The number of nitrogens with one attached hydrogen (secondary N) is 1. The average Bonchev–Trinajstić information content (AvgIpc) is 3.36. The van der Waals surface area contributed by atoms with E-state index in [-0.39, 0.29) is 16.9 Å². The molecule has 0 bridgehead atoms. The van der Waals surface area contributed by atoms with Crippen LogP contribution in [0.4, 0.5) is 14.6 Å². The number of rotatable bonds is 6. The monoisotopic (exact) mass is 447 g/mol. The molecule has 3 N–H and O–H groups in total. The first kappa shape index (κ1) is 21.5. The van der Waals surface area contributed by atoms with E-state index >= 15 is 0 Å². The van der Waals surface area contributed by atoms with Gasteiger partial charge in [0.15, 0.2) is 11.6 Å². The molecule has 0 radical (unpaired) electrons. The number of ether oxygens (including phenoxy) is 1. The van der Waals surface area contributed by atoms with E-state index in [0.29, 0.717) is 30.8 Å². The van der Waals surface area contributed by atoms with E-state index in [0.717, 1.165) is 16.7 Å². The summed E-state index contributed by atoms with van der Waals surface area (Å²) in [5.41, 5.74) is 9.01. The Morgan fingerprint density at radius 1 is 1.35 bits per heavy atom. The highest BCUT2D eigenvalue weighted by Crippen LogP contribution is 2.35. The molecule has 2 aromatic heterocycles. The number of anilines is 1. The molecule has 1 aliphatic rings. The van der Waals surface area contributed by atoms with Crippen molar-refractivity contribution in [1.82, 2.24) is 20.1 Å². The molecule has 4 rings (SSSR count). The topological polar surface area (TPSA) is 78.0 Å². The number of nitrogens with two attached hydrogens (primary N) is 1. The molecular formula is C22H24ClF2N5O. The van der Waals surface area contributed by atoms with Crippen LogP contribution in [0.15, 0.2) is 36.8 Å². The van der Waals surface area contributed by atoms with Gasteiger partial charge in [0.25, 0.3) is 0 Å². The molecule has 31 heavy (non-hydrogen) atoms. The van der Waals surface area contributed by atoms with Crippen molar-refractivity contribution in [3.05, 3.63) is 58.8 Å². The standard InChI is InChI=1S/C22H24ClF2N5O/c1-12-3-4-18(25)21(23)20(12)13(2)31-19-5-14(7-28-22(19)26)15-8-29-30(10-15)11-17-6-16(24)9-27-17/h3-5,7-8,10,13,16-17,27H,6,9,11H2,1-2H3,(H2,26,28)/t13-,16?,17+/m1/s1. The molecule has 3 aromatic rings. The number of alkyl halides is 1. The van der Waals surface area contributed by atoms with Gasteiger partial charge in [-0.3, -0.25) is 4.68 Å². The van der Waals surface area contributed by atoms with Gasteiger partial charge in [0.1, 0.15) is 18.1 Å². The zero-order chi connectivity index (χ0) is 22.1. The average molecular weight is 448 g/mol. The lowest BCUT2D eigenvalue weighted by molar-refractivity contribution is 0.226. The molecule has 0 amide bonds. The second kappa shape index (κ2) is 8.80. The van der Waals surface area contributed by atoms with Gasteiger partial charge in [-0.2, -0.15) is 5.10 Å². The maximum absolute atomic E-state index is 13.9. The zero-order valence-electron chi connectivity index (χ0n) is 17.3. The highest BCUT2D eigenvalue weighted by Gasteiger charge is 2.24. The molecule has 1 saturated heterocycles. The van der Waals surface area contributed by atoms with Crippen LogP contribution in [0.3, 0.4) is 0 Å². The predicted molar refractivity (Wildman–Crippen MR) is 116 cm³/mol. The lowest BCUT2D eigenvalue weighted by Gasteiger charge is -2.20. The number of aromatic nitrogens is 3. The Bertz CT molecular complexity index is 1090. The minimum atomic E-state index is -0.807. The Labute approximate surface area is 184 Å². The molecule has 1 fully saturated rings. The molecule has 1 unspecified atom stereocenters. The lowest BCUT2D eigenvalue weighted by Crippen LogP contribution is -2.26. The van der Waals surface area contributed by atoms with Gasteiger partial charge in [-0.25, -0.2) is 13.8 Å². The summed E-state index contributed by atoms with van der Waals surface area (Å²) in [6.45, 7) is 4.59.